The van der Waals surface area contributed by atoms with Gasteiger partial charge in [-0.15, -0.1) is 0 Å². The minimum absolute atomic E-state index is 0.167. The van der Waals surface area contributed by atoms with Crippen molar-refractivity contribution in [1.82, 2.24) is 0 Å². The van der Waals surface area contributed by atoms with Crippen LogP contribution in [0.5, 0.6) is 0 Å². The van der Waals surface area contributed by atoms with Crippen molar-refractivity contribution in [2.45, 2.75) is 66.6 Å². The first kappa shape index (κ1) is 28.3. The average Bonchev–Trinajstić information content (AvgIpc) is 3.45. The third-order valence-corrected chi connectivity index (χ3v) is 15.8. The summed E-state index contributed by atoms with van der Waals surface area (Å²) in [5, 5.41) is 16.1. The standard InChI is InChI=1S/2C11H9.2C3H8O.C3H6.Hf/c2*1-2-6-10(7-3-1)11-8-4-5-9-11;2*1-3(2)4;1-3-2;/h2*1-3,6-9H,4H2;2*3-4H,1-2H3;1-2H3;. The van der Waals surface area contributed by atoms with Gasteiger partial charge in [-0.05, 0) is 27.7 Å². The van der Waals surface area contributed by atoms with E-state index in [9.17, 15) is 0 Å². The molecule has 0 heterocycles. The van der Waals surface area contributed by atoms with Gasteiger partial charge in [0.05, 0.1) is 0 Å². The zero-order valence-electron chi connectivity index (χ0n) is 21.5. The summed E-state index contributed by atoms with van der Waals surface area (Å²) in [5.41, 5.74) is 5.54. The first-order valence-electron chi connectivity index (χ1n) is 12.2. The Balaban J connectivity index is 0.000000446. The molecule has 2 aromatic carbocycles. The Kier molecular flexibility index (Phi) is 12.0. The van der Waals surface area contributed by atoms with Gasteiger partial charge in [-0.3, -0.25) is 0 Å². The van der Waals surface area contributed by atoms with Crippen LogP contribution in [0, 0.1) is 0 Å². The zero-order valence-corrected chi connectivity index (χ0v) is 25.1. The molecule has 180 valence electrons. The number of aliphatic hydroxyl groups is 2. The van der Waals surface area contributed by atoms with Crippen LogP contribution in [0.2, 0.25) is 0 Å². The van der Waals surface area contributed by atoms with Gasteiger partial charge in [0.25, 0.3) is 0 Å². The van der Waals surface area contributed by atoms with Crippen LogP contribution in [-0.4, -0.2) is 25.7 Å². The number of allylic oxidation sites excluding steroid dienone is 8. The maximum absolute atomic E-state index is 8.06. The topological polar surface area (TPSA) is 40.5 Å². The molecule has 2 nitrogen and oxygen atoms in total. The Morgan fingerprint density at radius 2 is 0.971 bits per heavy atom. The van der Waals surface area contributed by atoms with Crippen molar-refractivity contribution in [2.24, 2.45) is 0 Å². The van der Waals surface area contributed by atoms with Gasteiger partial charge in [0.15, 0.2) is 0 Å². The summed E-state index contributed by atoms with van der Waals surface area (Å²) >= 11 is -2.08. The molecular formula is C31H40HfO2. The van der Waals surface area contributed by atoms with E-state index >= 15 is 0 Å². The number of hydrogen-bond donors (Lipinski definition) is 2. The molecule has 0 radical (unpaired) electrons. The van der Waals surface area contributed by atoms with Gasteiger partial charge in [0.1, 0.15) is 0 Å². The van der Waals surface area contributed by atoms with Gasteiger partial charge in [-0.25, -0.2) is 0 Å². The molecule has 0 fully saturated rings. The third-order valence-electron chi connectivity index (χ3n) is 5.10. The van der Waals surface area contributed by atoms with Crippen LogP contribution in [0.4, 0.5) is 0 Å². The van der Waals surface area contributed by atoms with Crippen molar-refractivity contribution >= 4 is 14.4 Å². The number of aliphatic hydroxyl groups excluding tert-OH is 2. The van der Waals surface area contributed by atoms with Crippen LogP contribution < -0.4 is 0 Å². The van der Waals surface area contributed by atoms with E-state index in [1.54, 1.807) is 37.6 Å². The van der Waals surface area contributed by atoms with Gasteiger partial charge < -0.3 is 10.2 Å². The first-order chi connectivity index (χ1) is 16.2. The normalized spacial score (nSPS) is 14.3. The number of rotatable bonds is 4. The summed E-state index contributed by atoms with van der Waals surface area (Å²) in [6.07, 6.45) is 11.8. The Bertz CT molecular complexity index is 978. The van der Waals surface area contributed by atoms with E-state index in [0.29, 0.717) is 0 Å². The van der Waals surface area contributed by atoms with Crippen LogP contribution in [0.25, 0.3) is 11.1 Å². The number of benzene rings is 2. The van der Waals surface area contributed by atoms with Crippen molar-refractivity contribution in [1.29, 1.82) is 0 Å². The molecule has 0 amide bonds. The summed E-state index contributed by atoms with van der Waals surface area (Å²) in [6.45, 7) is 11.6. The van der Waals surface area contributed by atoms with Crippen molar-refractivity contribution in [3.8, 4) is 0 Å². The van der Waals surface area contributed by atoms with Crippen molar-refractivity contribution in [3.05, 3.63) is 103 Å². The second kappa shape index (κ2) is 14.5. The van der Waals surface area contributed by atoms with E-state index in [1.807, 2.05) is 0 Å². The maximum atomic E-state index is 8.06. The monoisotopic (exact) mass is 624 g/mol. The predicted molar refractivity (Wildman–Crippen MR) is 145 cm³/mol. The molecule has 4 rings (SSSR count). The summed E-state index contributed by atoms with van der Waals surface area (Å²) in [4.78, 5) is 0. The molecule has 0 atom stereocenters. The Morgan fingerprint density at radius 1 is 0.647 bits per heavy atom. The molecule has 0 aliphatic heterocycles. The van der Waals surface area contributed by atoms with E-state index in [0.717, 1.165) is 12.8 Å². The molecule has 0 saturated carbocycles. The fraction of sp³-hybridized carbons (Fsp3) is 0.323. The van der Waals surface area contributed by atoms with Crippen molar-refractivity contribution < 1.29 is 31.2 Å². The SMILES string of the molecule is CC(C)O.CC(C)O.C[C](C)=[Hf]([C]1=CC(c2ccccc2)=CC1)[C]1=CC(c2ccccc2)=CC1. The second-order valence-electron chi connectivity index (χ2n) is 9.36. The fourth-order valence-corrected chi connectivity index (χ4v) is 14.4. The summed E-state index contributed by atoms with van der Waals surface area (Å²) in [6, 6.07) is 21.6. The fourth-order valence-electron chi connectivity index (χ4n) is 3.91. The Hall–Kier alpha value is -1.94. The van der Waals surface area contributed by atoms with Crippen molar-refractivity contribution in [2.75, 3.05) is 0 Å². The summed E-state index contributed by atoms with van der Waals surface area (Å²) < 4.78 is 5.17. The van der Waals surface area contributed by atoms with E-state index in [4.69, 9.17) is 10.2 Å². The molecule has 2 aliphatic carbocycles. The predicted octanol–water partition coefficient (Wildman–Crippen LogP) is 7.33. The minimum atomic E-state index is -2.08. The Labute approximate surface area is 214 Å². The van der Waals surface area contributed by atoms with E-state index in [-0.39, 0.29) is 12.2 Å². The van der Waals surface area contributed by atoms with Gasteiger partial charge in [-0.2, -0.15) is 0 Å². The van der Waals surface area contributed by atoms with Gasteiger partial charge in [0, 0.05) is 12.2 Å². The molecule has 0 unspecified atom stereocenters. The van der Waals surface area contributed by atoms with Crippen LogP contribution >= 0.6 is 0 Å². The van der Waals surface area contributed by atoms with Crippen LogP contribution in [-0.2, 0) is 21.0 Å². The molecule has 34 heavy (non-hydrogen) atoms. The summed E-state index contributed by atoms with van der Waals surface area (Å²) in [7, 11) is 0. The molecule has 0 bridgehead atoms. The zero-order chi connectivity index (χ0) is 25.1. The first-order valence-corrected chi connectivity index (χ1v) is 17.5. The molecule has 0 saturated heterocycles. The molecular weight excluding hydrogens is 583 g/mol. The van der Waals surface area contributed by atoms with Gasteiger partial charge in [-0.1, -0.05) is 0 Å². The molecule has 2 aliphatic rings. The van der Waals surface area contributed by atoms with Crippen LogP contribution in [0.1, 0.15) is 65.5 Å². The number of hydrogen-bond acceptors (Lipinski definition) is 2. The second-order valence-corrected chi connectivity index (χ2v) is 20.3. The Morgan fingerprint density at radius 3 is 1.26 bits per heavy atom. The van der Waals surface area contributed by atoms with Crippen LogP contribution in [0.3, 0.4) is 0 Å². The van der Waals surface area contributed by atoms with E-state index < -0.39 is 21.0 Å². The van der Waals surface area contributed by atoms with Gasteiger partial charge >= 0.3 is 165 Å². The molecule has 0 spiro atoms. The van der Waals surface area contributed by atoms with Crippen molar-refractivity contribution in [3.63, 3.8) is 0 Å². The van der Waals surface area contributed by atoms with Gasteiger partial charge in [0.2, 0.25) is 0 Å². The quantitative estimate of drug-likeness (QED) is 0.351. The summed E-state index contributed by atoms with van der Waals surface area (Å²) in [5.74, 6) is 0. The molecule has 2 N–H and O–H groups in total. The van der Waals surface area contributed by atoms with E-state index in [1.165, 1.54) is 22.3 Å². The van der Waals surface area contributed by atoms with E-state index in [2.05, 4.69) is 98.8 Å². The average molecular weight is 623 g/mol. The molecule has 0 aromatic heterocycles. The molecule has 3 heteroatoms. The van der Waals surface area contributed by atoms with Crippen LogP contribution in [0.15, 0.2) is 91.6 Å². The molecule has 2 aromatic rings. The third kappa shape index (κ3) is 9.37.